The van der Waals surface area contributed by atoms with Gasteiger partial charge in [-0.3, -0.25) is 0 Å². The van der Waals surface area contributed by atoms with Crippen LogP contribution >= 0.6 is 0 Å². The molecule has 0 aliphatic heterocycles. The van der Waals surface area contributed by atoms with E-state index in [2.05, 4.69) is 11.3 Å². The molecule has 1 unspecified atom stereocenters. The van der Waals surface area contributed by atoms with Crippen molar-refractivity contribution in [1.82, 2.24) is 0 Å². The van der Waals surface area contributed by atoms with E-state index in [0.29, 0.717) is 25.8 Å². The van der Waals surface area contributed by atoms with Gasteiger partial charge in [-0.1, -0.05) is 19.4 Å². The van der Waals surface area contributed by atoms with Gasteiger partial charge in [-0.2, -0.15) is 26.3 Å². The summed E-state index contributed by atoms with van der Waals surface area (Å²) in [5.74, 6) is -2.73. The molecule has 0 amide bonds. The molecule has 1 fully saturated rings. The highest BCUT2D eigenvalue weighted by atomic mass is 19.4. The highest BCUT2D eigenvalue weighted by Crippen LogP contribution is 2.55. The molecule has 0 radical (unpaired) electrons. The Morgan fingerprint density at radius 2 is 1.55 bits per heavy atom. The quantitative estimate of drug-likeness (QED) is 0.486. The zero-order valence-corrected chi connectivity index (χ0v) is 11.7. The highest BCUT2D eigenvalue weighted by Gasteiger charge is 2.81. The van der Waals surface area contributed by atoms with Gasteiger partial charge in [0.15, 0.2) is 5.60 Å². The molecule has 0 aromatic heterocycles. The molecule has 0 aromatic rings. The number of carbonyl (C=O) groups excluding carboxylic acids is 1. The Morgan fingerprint density at radius 1 is 1.14 bits per heavy atom. The third-order valence-corrected chi connectivity index (χ3v) is 4.15. The second-order valence-corrected chi connectivity index (χ2v) is 5.42. The number of alkyl halides is 6. The third-order valence-electron chi connectivity index (χ3n) is 4.15. The minimum Gasteiger partial charge on any atom is -0.452 e. The van der Waals surface area contributed by atoms with Crippen molar-refractivity contribution in [3.63, 3.8) is 0 Å². The molecule has 0 spiro atoms. The normalized spacial score (nSPS) is 20.5. The van der Waals surface area contributed by atoms with Crippen LogP contribution in [0.5, 0.6) is 0 Å². The lowest BCUT2D eigenvalue weighted by Crippen LogP contribution is -2.73. The number of hydrogen-bond donors (Lipinski definition) is 1. The van der Waals surface area contributed by atoms with Gasteiger partial charge in [0.05, 0.1) is 0 Å². The van der Waals surface area contributed by atoms with E-state index in [0.717, 1.165) is 0 Å². The van der Waals surface area contributed by atoms with Crippen molar-refractivity contribution in [1.29, 1.82) is 0 Å². The predicted molar refractivity (Wildman–Crippen MR) is 63.7 cm³/mol. The maximum absolute atomic E-state index is 13.1. The fourth-order valence-electron chi connectivity index (χ4n) is 2.90. The van der Waals surface area contributed by atoms with Crippen molar-refractivity contribution in [2.45, 2.75) is 56.2 Å². The number of hydrogen-bond acceptors (Lipinski definition) is 3. The Morgan fingerprint density at radius 3 is 1.86 bits per heavy atom. The van der Waals surface area contributed by atoms with Gasteiger partial charge in [0, 0.05) is 12.0 Å². The predicted octanol–water partition coefficient (Wildman–Crippen LogP) is 3.52. The highest BCUT2D eigenvalue weighted by molar-refractivity contribution is 5.81. The van der Waals surface area contributed by atoms with Gasteiger partial charge in [0.2, 0.25) is 0 Å². The Kier molecular flexibility index (Phi) is 4.91. The summed E-state index contributed by atoms with van der Waals surface area (Å²) in [6.07, 6.45) is -10.9. The van der Waals surface area contributed by atoms with Crippen LogP contribution in [-0.4, -0.2) is 34.6 Å². The van der Waals surface area contributed by atoms with Crippen LogP contribution in [0.4, 0.5) is 26.3 Å². The van der Waals surface area contributed by atoms with E-state index >= 15 is 0 Å². The van der Waals surface area contributed by atoms with Crippen LogP contribution in [0, 0.1) is 5.92 Å². The SMILES string of the molecule is C=CC(=O)OC(C)(C1CCCC1)C(O)(C(F)(F)F)C(F)(F)F. The van der Waals surface area contributed by atoms with Gasteiger partial charge in [-0.15, -0.1) is 0 Å². The van der Waals surface area contributed by atoms with Gasteiger partial charge in [-0.05, 0) is 19.8 Å². The van der Waals surface area contributed by atoms with E-state index in [1.54, 1.807) is 0 Å². The van der Waals surface area contributed by atoms with Crippen molar-refractivity contribution in [2.24, 2.45) is 5.92 Å². The summed E-state index contributed by atoms with van der Waals surface area (Å²) in [6, 6.07) is 0. The Hall–Kier alpha value is -1.25. The van der Waals surface area contributed by atoms with E-state index in [-0.39, 0.29) is 12.8 Å². The van der Waals surface area contributed by atoms with Gasteiger partial charge < -0.3 is 9.84 Å². The number of rotatable bonds is 4. The molecular formula is C13H16F6O3. The molecule has 3 nitrogen and oxygen atoms in total. The number of halogens is 6. The van der Waals surface area contributed by atoms with Crippen LogP contribution in [0.1, 0.15) is 32.6 Å². The van der Waals surface area contributed by atoms with E-state index in [4.69, 9.17) is 0 Å². The summed E-state index contributed by atoms with van der Waals surface area (Å²) in [4.78, 5) is 11.3. The minimum atomic E-state index is -6.07. The van der Waals surface area contributed by atoms with Gasteiger partial charge >= 0.3 is 18.3 Å². The molecule has 0 bridgehead atoms. The first-order chi connectivity index (χ1) is 9.81. The van der Waals surface area contributed by atoms with E-state index in [1.807, 2.05) is 0 Å². The molecule has 9 heteroatoms. The molecule has 22 heavy (non-hydrogen) atoms. The molecule has 0 heterocycles. The molecule has 0 aromatic carbocycles. The monoisotopic (exact) mass is 334 g/mol. The number of ether oxygens (including phenoxy) is 1. The van der Waals surface area contributed by atoms with E-state index < -0.39 is 35.4 Å². The first kappa shape index (κ1) is 18.8. The second-order valence-electron chi connectivity index (χ2n) is 5.42. The van der Waals surface area contributed by atoms with Crippen molar-refractivity contribution in [3.8, 4) is 0 Å². The Bertz CT molecular complexity index is 422. The molecule has 1 aliphatic carbocycles. The molecule has 128 valence electrons. The van der Waals surface area contributed by atoms with Crippen LogP contribution < -0.4 is 0 Å². The minimum absolute atomic E-state index is 0.0185. The van der Waals surface area contributed by atoms with Crippen molar-refractivity contribution in [3.05, 3.63) is 12.7 Å². The summed E-state index contributed by atoms with van der Waals surface area (Å²) < 4.78 is 83.1. The van der Waals surface area contributed by atoms with Gasteiger partial charge in [0.25, 0.3) is 5.60 Å². The summed E-state index contributed by atoms with van der Waals surface area (Å²) in [5.41, 5.74) is -8.36. The Labute approximate surface area is 122 Å². The number of esters is 1. The Balaban J connectivity index is 3.50. The fraction of sp³-hybridized carbons (Fsp3) is 0.769. The van der Waals surface area contributed by atoms with Gasteiger partial charge in [0.1, 0.15) is 0 Å². The maximum atomic E-state index is 13.1. The molecule has 1 atom stereocenters. The van der Waals surface area contributed by atoms with Crippen LogP contribution in [-0.2, 0) is 9.53 Å². The topological polar surface area (TPSA) is 46.5 Å². The molecule has 1 rings (SSSR count). The average Bonchev–Trinajstić information content (AvgIpc) is 2.88. The van der Waals surface area contributed by atoms with Crippen molar-refractivity contribution in [2.75, 3.05) is 0 Å². The van der Waals surface area contributed by atoms with Crippen LogP contribution in [0.2, 0.25) is 0 Å². The fourth-order valence-corrected chi connectivity index (χ4v) is 2.90. The lowest BCUT2D eigenvalue weighted by atomic mass is 9.72. The van der Waals surface area contributed by atoms with Crippen LogP contribution in [0.15, 0.2) is 12.7 Å². The largest absolute Gasteiger partial charge is 0.452 e. The third kappa shape index (κ3) is 2.82. The second kappa shape index (κ2) is 5.75. The van der Waals surface area contributed by atoms with Gasteiger partial charge in [-0.25, -0.2) is 4.79 Å². The maximum Gasteiger partial charge on any atom is 0.430 e. The zero-order valence-electron chi connectivity index (χ0n) is 11.7. The average molecular weight is 334 g/mol. The molecule has 0 saturated heterocycles. The molecule has 1 N–H and O–H groups in total. The smallest absolute Gasteiger partial charge is 0.430 e. The first-order valence-corrected chi connectivity index (χ1v) is 6.52. The molecule has 1 aliphatic rings. The summed E-state index contributed by atoms with van der Waals surface area (Å²) in [5, 5.41) is 9.65. The lowest BCUT2D eigenvalue weighted by molar-refractivity contribution is -0.416. The number of carbonyl (C=O) groups is 1. The molecular weight excluding hydrogens is 318 g/mol. The first-order valence-electron chi connectivity index (χ1n) is 6.52. The standard InChI is InChI=1S/C13H16F6O3/c1-3-9(20)22-10(2,8-6-4-5-7-8)11(21,12(14,15)16)13(17,18)19/h3,8,21H,1,4-7H2,2H3. The summed E-state index contributed by atoms with van der Waals surface area (Å²) in [6.45, 7) is 3.44. The lowest BCUT2D eigenvalue weighted by Gasteiger charge is -2.48. The summed E-state index contributed by atoms with van der Waals surface area (Å²) >= 11 is 0. The van der Waals surface area contributed by atoms with Crippen LogP contribution in [0.3, 0.4) is 0 Å². The zero-order chi connectivity index (χ0) is 17.4. The van der Waals surface area contributed by atoms with E-state index in [9.17, 15) is 36.2 Å². The van der Waals surface area contributed by atoms with Crippen LogP contribution in [0.25, 0.3) is 0 Å². The van der Waals surface area contributed by atoms with E-state index in [1.165, 1.54) is 0 Å². The number of aliphatic hydroxyl groups is 1. The summed E-state index contributed by atoms with van der Waals surface area (Å²) in [7, 11) is 0. The van der Waals surface area contributed by atoms with Crippen molar-refractivity contribution >= 4 is 5.97 Å². The van der Waals surface area contributed by atoms with Crippen molar-refractivity contribution < 1.29 is 41.0 Å². The molecule has 1 saturated carbocycles.